The molecule has 0 saturated heterocycles. The molecule has 0 atom stereocenters. The summed E-state index contributed by atoms with van der Waals surface area (Å²) in [6.45, 7) is 0. The lowest BCUT2D eigenvalue weighted by Gasteiger charge is -2.08. The number of hydrogen-bond acceptors (Lipinski definition) is 2. The molecule has 0 bridgehead atoms. The van der Waals surface area contributed by atoms with Crippen LogP contribution < -0.4 is 0 Å². The van der Waals surface area contributed by atoms with Gasteiger partial charge in [0.05, 0.1) is 10.6 Å². The average Bonchev–Trinajstić information content (AvgIpc) is 2.35. The van der Waals surface area contributed by atoms with E-state index in [4.69, 9.17) is 28.3 Å². The van der Waals surface area contributed by atoms with Gasteiger partial charge in [-0.2, -0.15) is 0 Å². The molecule has 0 fully saturated rings. The number of phenolic OH excluding ortho intramolecular Hbond substituents is 1. The number of carboxylic acids is 1. The third-order valence-electron chi connectivity index (χ3n) is 2.68. The van der Waals surface area contributed by atoms with Crippen molar-refractivity contribution < 1.29 is 15.0 Å². The number of benzene rings is 2. The van der Waals surface area contributed by atoms with Crippen LogP contribution in [0.25, 0.3) is 0 Å². The summed E-state index contributed by atoms with van der Waals surface area (Å²) in [6.07, 6.45) is 0.354. The van der Waals surface area contributed by atoms with Gasteiger partial charge in [-0.05, 0) is 29.8 Å². The Morgan fingerprint density at radius 2 is 1.89 bits per heavy atom. The normalized spacial score (nSPS) is 10.4. The van der Waals surface area contributed by atoms with Gasteiger partial charge in [-0.3, -0.25) is 0 Å². The maximum Gasteiger partial charge on any atom is 0.335 e. The molecule has 0 aromatic heterocycles. The number of carbonyl (C=O) groups is 1. The highest BCUT2D eigenvalue weighted by Gasteiger charge is 2.10. The Kier molecular flexibility index (Phi) is 3.98. The fraction of sp³-hybridized carbons (Fsp3) is 0.0714. The van der Waals surface area contributed by atoms with Crippen LogP contribution in [0.5, 0.6) is 5.75 Å². The van der Waals surface area contributed by atoms with Gasteiger partial charge in [0.1, 0.15) is 5.75 Å². The minimum absolute atomic E-state index is 0.0354. The van der Waals surface area contributed by atoms with Gasteiger partial charge in [0, 0.05) is 17.0 Å². The molecular weight excluding hydrogens is 287 g/mol. The molecule has 0 heterocycles. The molecule has 3 nitrogen and oxygen atoms in total. The Balaban J connectivity index is 2.36. The molecule has 0 spiro atoms. The molecule has 0 radical (unpaired) electrons. The Labute approximate surface area is 120 Å². The number of hydrogen-bond donors (Lipinski definition) is 2. The third-order valence-corrected chi connectivity index (χ3v) is 3.18. The minimum atomic E-state index is -0.991. The van der Waals surface area contributed by atoms with Crippen LogP contribution in [0.4, 0.5) is 0 Å². The smallest absolute Gasteiger partial charge is 0.335 e. The second kappa shape index (κ2) is 5.51. The Hall–Kier alpha value is -1.71. The molecule has 0 saturated carbocycles. The van der Waals surface area contributed by atoms with Crippen LogP contribution in [-0.4, -0.2) is 16.2 Å². The van der Waals surface area contributed by atoms with Crippen molar-refractivity contribution in [3.63, 3.8) is 0 Å². The van der Waals surface area contributed by atoms with Gasteiger partial charge >= 0.3 is 5.97 Å². The molecule has 2 rings (SSSR count). The first-order valence-corrected chi connectivity index (χ1v) is 6.22. The van der Waals surface area contributed by atoms with Crippen LogP contribution in [0.2, 0.25) is 10.0 Å². The van der Waals surface area contributed by atoms with E-state index >= 15 is 0 Å². The van der Waals surface area contributed by atoms with E-state index in [1.807, 2.05) is 0 Å². The van der Waals surface area contributed by atoms with Gasteiger partial charge in [0.2, 0.25) is 0 Å². The van der Waals surface area contributed by atoms with Gasteiger partial charge in [0.15, 0.2) is 0 Å². The maximum atomic E-state index is 10.9. The van der Waals surface area contributed by atoms with E-state index in [2.05, 4.69) is 0 Å². The highest BCUT2D eigenvalue weighted by atomic mass is 35.5. The summed E-state index contributed by atoms with van der Waals surface area (Å²) in [7, 11) is 0. The van der Waals surface area contributed by atoms with Crippen molar-refractivity contribution in [1.82, 2.24) is 0 Å². The van der Waals surface area contributed by atoms with Crippen molar-refractivity contribution in [3.05, 3.63) is 63.1 Å². The first kappa shape index (κ1) is 13.7. The summed E-state index contributed by atoms with van der Waals surface area (Å²) in [5.41, 5.74) is 1.51. The lowest BCUT2D eigenvalue weighted by Crippen LogP contribution is -1.98. The average molecular weight is 297 g/mol. The van der Waals surface area contributed by atoms with E-state index in [-0.39, 0.29) is 16.3 Å². The molecule has 0 amide bonds. The molecule has 2 N–H and O–H groups in total. The summed E-state index contributed by atoms with van der Waals surface area (Å²) < 4.78 is 0. The highest BCUT2D eigenvalue weighted by molar-refractivity contribution is 6.35. The number of phenols is 1. The molecule has 5 heteroatoms. The largest absolute Gasteiger partial charge is 0.506 e. The summed E-state index contributed by atoms with van der Waals surface area (Å²) in [6, 6.07) is 9.56. The van der Waals surface area contributed by atoms with Gasteiger partial charge in [-0.15, -0.1) is 0 Å². The third kappa shape index (κ3) is 3.19. The first-order valence-electron chi connectivity index (χ1n) is 5.46. The van der Waals surface area contributed by atoms with Crippen LogP contribution in [0.1, 0.15) is 21.5 Å². The molecule has 0 aliphatic carbocycles. The number of halogens is 2. The topological polar surface area (TPSA) is 57.5 Å². The van der Waals surface area contributed by atoms with Crippen LogP contribution >= 0.6 is 23.2 Å². The number of rotatable bonds is 3. The summed E-state index contributed by atoms with van der Waals surface area (Å²) in [4.78, 5) is 10.9. The Morgan fingerprint density at radius 1 is 1.16 bits per heavy atom. The zero-order valence-electron chi connectivity index (χ0n) is 9.73. The SMILES string of the molecule is O=C(O)c1cccc(Cc2cc(Cl)cc(Cl)c2O)c1. The fourth-order valence-corrected chi connectivity index (χ4v) is 2.32. The molecule has 2 aromatic rings. The van der Waals surface area contributed by atoms with Gasteiger partial charge in [0.25, 0.3) is 0 Å². The lowest BCUT2D eigenvalue weighted by molar-refractivity contribution is 0.0697. The van der Waals surface area contributed by atoms with Gasteiger partial charge < -0.3 is 10.2 Å². The molecule has 0 unspecified atom stereocenters. The number of carboxylic acid groups (broad SMARTS) is 1. The zero-order valence-corrected chi connectivity index (χ0v) is 11.2. The maximum absolute atomic E-state index is 10.9. The molecule has 98 valence electrons. The van der Waals surface area contributed by atoms with E-state index in [1.165, 1.54) is 12.1 Å². The van der Waals surface area contributed by atoms with Crippen LogP contribution in [-0.2, 0) is 6.42 Å². The number of aromatic hydroxyl groups is 1. The van der Waals surface area contributed by atoms with Crippen LogP contribution in [0.3, 0.4) is 0 Å². The standard InChI is InChI=1S/C14H10Cl2O3/c15-11-6-10(13(17)12(16)7-11)5-8-2-1-3-9(4-8)14(18)19/h1-4,6-7,17H,5H2,(H,18,19). The van der Waals surface area contributed by atoms with Crippen molar-refractivity contribution >= 4 is 29.2 Å². The predicted molar refractivity (Wildman–Crippen MR) is 74.3 cm³/mol. The quantitative estimate of drug-likeness (QED) is 0.900. The lowest BCUT2D eigenvalue weighted by atomic mass is 10.0. The monoisotopic (exact) mass is 296 g/mol. The van der Waals surface area contributed by atoms with E-state index in [1.54, 1.807) is 24.3 Å². The Bertz CT molecular complexity index is 639. The summed E-state index contributed by atoms with van der Waals surface area (Å²) >= 11 is 11.7. The second-order valence-corrected chi connectivity index (χ2v) is 4.92. The van der Waals surface area contributed by atoms with Crippen molar-refractivity contribution in [2.75, 3.05) is 0 Å². The van der Waals surface area contributed by atoms with E-state index in [0.29, 0.717) is 17.0 Å². The molecular formula is C14H10Cl2O3. The predicted octanol–water partition coefficient (Wildman–Crippen LogP) is 3.99. The summed E-state index contributed by atoms with van der Waals surface area (Å²) in [5.74, 6) is -1.03. The first-order chi connectivity index (χ1) is 8.97. The fourth-order valence-electron chi connectivity index (χ4n) is 1.79. The molecule has 0 aliphatic rings. The second-order valence-electron chi connectivity index (χ2n) is 4.08. The number of aromatic carboxylic acids is 1. The molecule has 19 heavy (non-hydrogen) atoms. The highest BCUT2D eigenvalue weighted by Crippen LogP contribution is 2.32. The van der Waals surface area contributed by atoms with Crippen molar-refractivity contribution in [3.8, 4) is 5.75 Å². The van der Waals surface area contributed by atoms with Gasteiger partial charge in [-0.25, -0.2) is 4.79 Å². The van der Waals surface area contributed by atoms with Crippen LogP contribution in [0.15, 0.2) is 36.4 Å². The Morgan fingerprint density at radius 3 is 2.58 bits per heavy atom. The van der Waals surface area contributed by atoms with Crippen molar-refractivity contribution in [1.29, 1.82) is 0 Å². The van der Waals surface area contributed by atoms with E-state index in [9.17, 15) is 9.90 Å². The van der Waals surface area contributed by atoms with E-state index in [0.717, 1.165) is 5.56 Å². The van der Waals surface area contributed by atoms with Crippen molar-refractivity contribution in [2.45, 2.75) is 6.42 Å². The van der Waals surface area contributed by atoms with E-state index < -0.39 is 5.97 Å². The minimum Gasteiger partial charge on any atom is -0.506 e. The zero-order chi connectivity index (χ0) is 14.0. The molecule has 0 aliphatic heterocycles. The van der Waals surface area contributed by atoms with Gasteiger partial charge in [-0.1, -0.05) is 35.3 Å². The summed E-state index contributed by atoms with van der Waals surface area (Å²) in [5, 5.41) is 19.4. The molecule has 2 aromatic carbocycles. The van der Waals surface area contributed by atoms with Crippen molar-refractivity contribution in [2.24, 2.45) is 0 Å². The van der Waals surface area contributed by atoms with Crippen LogP contribution in [0, 0.1) is 0 Å².